The van der Waals surface area contributed by atoms with Crippen LogP contribution in [0, 0.1) is 13.8 Å². The van der Waals surface area contributed by atoms with E-state index < -0.39 is 0 Å². The number of rotatable bonds is 4. The van der Waals surface area contributed by atoms with Crippen LogP contribution in [-0.2, 0) is 0 Å². The number of halogens is 2. The van der Waals surface area contributed by atoms with Gasteiger partial charge in [-0.3, -0.25) is 0 Å². The molecular weight excluding hydrogens is 348 g/mol. The third-order valence-electron chi connectivity index (χ3n) is 3.34. The highest BCUT2D eigenvalue weighted by Crippen LogP contribution is 2.35. The van der Waals surface area contributed by atoms with Crippen molar-refractivity contribution >= 4 is 27.5 Å². The molecule has 1 atom stereocenters. The van der Waals surface area contributed by atoms with Gasteiger partial charge in [0.2, 0.25) is 0 Å². The minimum atomic E-state index is -0.174. The first-order valence-electron chi connectivity index (χ1n) is 7.06. The molecule has 0 N–H and O–H groups in total. The standard InChI is InChI=1S/C18H20BrClO/c1-11(2)21-15-7-5-6-14(10-15)18(20)16-8-13(4)17(19)9-12(16)3/h5-11,18H,1-4H3. The molecule has 0 fully saturated rings. The second-order valence-corrected chi connectivity index (χ2v) is 6.85. The summed E-state index contributed by atoms with van der Waals surface area (Å²) < 4.78 is 6.86. The molecule has 1 nitrogen and oxygen atoms in total. The molecule has 0 heterocycles. The molecule has 0 radical (unpaired) electrons. The number of benzene rings is 2. The quantitative estimate of drug-likeness (QED) is 0.586. The first kappa shape index (κ1) is 16.4. The van der Waals surface area contributed by atoms with E-state index in [0.29, 0.717) is 0 Å². The van der Waals surface area contributed by atoms with Gasteiger partial charge in [0.1, 0.15) is 5.75 Å². The molecule has 0 saturated heterocycles. The van der Waals surface area contributed by atoms with Gasteiger partial charge in [-0.25, -0.2) is 0 Å². The largest absolute Gasteiger partial charge is 0.491 e. The molecule has 1 unspecified atom stereocenters. The van der Waals surface area contributed by atoms with Crippen molar-refractivity contribution in [1.82, 2.24) is 0 Å². The molecule has 0 bridgehead atoms. The van der Waals surface area contributed by atoms with Gasteiger partial charge in [0, 0.05) is 4.47 Å². The Labute approximate surface area is 140 Å². The molecule has 0 aliphatic heterocycles. The van der Waals surface area contributed by atoms with Gasteiger partial charge in [-0.05, 0) is 68.1 Å². The summed E-state index contributed by atoms with van der Waals surface area (Å²) in [7, 11) is 0. The van der Waals surface area contributed by atoms with Crippen LogP contribution in [0.15, 0.2) is 40.9 Å². The molecule has 0 amide bonds. The van der Waals surface area contributed by atoms with Gasteiger partial charge in [0.05, 0.1) is 11.5 Å². The normalized spacial score (nSPS) is 12.5. The number of aryl methyl sites for hydroxylation is 2. The van der Waals surface area contributed by atoms with Gasteiger partial charge in [-0.15, -0.1) is 11.6 Å². The summed E-state index contributed by atoms with van der Waals surface area (Å²) in [6.07, 6.45) is 0.158. The minimum absolute atomic E-state index is 0.158. The van der Waals surface area contributed by atoms with Crippen LogP contribution in [0.2, 0.25) is 0 Å². The summed E-state index contributed by atoms with van der Waals surface area (Å²) in [5.41, 5.74) is 4.57. The molecule has 0 aliphatic rings. The Morgan fingerprint density at radius 3 is 2.43 bits per heavy atom. The maximum Gasteiger partial charge on any atom is 0.120 e. The van der Waals surface area contributed by atoms with Gasteiger partial charge >= 0.3 is 0 Å². The monoisotopic (exact) mass is 366 g/mol. The van der Waals surface area contributed by atoms with E-state index in [9.17, 15) is 0 Å². The fourth-order valence-electron chi connectivity index (χ4n) is 2.27. The Bertz CT molecular complexity index is 637. The fraction of sp³-hybridized carbons (Fsp3) is 0.333. The zero-order valence-corrected chi connectivity index (χ0v) is 15.1. The van der Waals surface area contributed by atoms with Crippen molar-refractivity contribution in [2.24, 2.45) is 0 Å². The highest BCUT2D eigenvalue weighted by molar-refractivity contribution is 9.10. The van der Waals surface area contributed by atoms with E-state index in [1.807, 2.05) is 38.1 Å². The maximum atomic E-state index is 6.70. The minimum Gasteiger partial charge on any atom is -0.491 e. The van der Waals surface area contributed by atoms with E-state index >= 15 is 0 Å². The van der Waals surface area contributed by atoms with Crippen molar-refractivity contribution in [1.29, 1.82) is 0 Å². The van der Waals surface area contributed by atoms with Crippen molar-refractivity contribution in [3.05, 3.63) is 63.1 Å². The smallest absolute Gasteiger partial charge is 0.120 e. The summed E-state index contributed by atoms with van der Waals surface area (Å²) in [6.45, 7) is 8.21. The van der Waals surface area contributed by atoms with Gasteiger partial charge in [0.25, 0.3) is 0 Å². The molecule has 2 rings (SSSR count). The van der Waals surface area contributed by atoms with Crippen molar-refractivity contribution in [3.8, 4) is 5.75 Å². The molecule has 21 heavy (non-hydrogen) atoms. The molecule has 0 spiro atoms. The highest BCUT2D eigenvalue weighted by Gasteiger charge is 2.15. The van der Waals surface area contributed by atoms with E-state index in [0.717, 1.165) is 21.3 Å². The molecule has 0 saturated carbocycles. The van der Waals surface area contributed by atoms with Crippen LogP contribution in [0.4, 0.5) is 0 Å². The number of hydrogen-bond donors (Lipinski definition) is 0. The van der Waals surface area contributed by atoms with Crippen LogP contribution in [0.3, 0.4) is 0 Å². The lowest BCUT2D eigenvalue weighted by atomic mass is 9.98. The van der Waals surface area contributed by atoms with Gasteiger partial charge in [-0.1, -0.05) is 34.1 Å². The summed E-state index contributed by atoms with van der Waals surface area (Å²) in [5, 5.41) is -0.174. The molecule has 0 aliphatic carbocycles. The molecule has 2 aromatic carbocycles. The van der Waals surface area contributed by atoms with Gasteiger partial charge in [0.15, 0.2) is 0 Å². The van der Waals surface area contributed by atoms with Crippen LogP contribution in [-0.4, -0.2) is 6.10 Å². The first-order chi connectivity index (χ1) is 9.88. The van der Waals surface area contributed by atoms with E-state index in [2.05, 4.69) is 41.9 Å². The third-order valence-corrected chi connectivity index (χ3v) is 4.68. The van der Waals surface area contributed by atoms with Crippen LogP contribution >= 0.6 is 27.5 Å². The summed E-state index contributed by atoms with van der Waals surface area (Å²) in [6, 6.07) is 12.3. The highest BCUT2D eigenvalue weighted by atomic mass is 79.9. The Morgan fingerprint density at radius 2 is 1.76 bits per heavy atom. The molecular formula is C18H20BrClO. The fourth-order valence-corrected chi connectivity index (χ4v) is 3.10. The maximum absolute atomic E-state index is 6.70. The number of alkyl halides is 1. The lowest BCUT2D eigenvalue weighted by molar-refractivity contribution is 0.242. The molecule has 112 valence electrons. The lowest BCUT2D eigenvalue weighted by Gasteiger charge is -2.17. The number of hydrogen-bond acceptors (Lipinski definition) is 1. The topological polar surface area (TPSA) is 9.23 Å². The van der Waals surface area contributed by atoms with Crippen molar-refractivity contribution < 1.29 is 4.74 Å². The van der Waals surface area contributed by atoms with Gasteiger partial charge in [-0.2, -0.15) is 0 Å². The SMILES string of the molecule is Cc1cc(C(Cl)c2cccc(OC(C)C)c2)c(C)cc1Br. The van der Waals surface area contributed by atoms with E-state index in [4.69, 9.17) is 16.3 Å². The average molecular weight is 368 g/mol. The van der Waals surface area contributed by atoms with Crippen molar-refractivity contribution in [2.75, 3.05) is 0 Å². The Morgan fingerprint density at radius 1 is 1.05 bits per heavy atom. The van der Waals surface area contributed by atoms with Crippen molar-refractivity contribution in [3.63, 3.8) is 0 Å². The Kier molecular flexibility index (Phi) is 5.34. The summed E-state index contributed by atoms with van der Waals surface area (Å²) in [4.78, 5) is 0. The van der Waals surface area contributed by atoms with Crippen LogP contribution in [0.25, 0.3) is 0 Å². The average Bonchev–Trinajstić information content (AvgIpc) is 2.41. The first-order valence-corrected chi connectivity index (χ1v) is 8.28. The molecule has 2 aromatic rings. The Hall–Kier alpha value is -0.990. The molecule has 0 aromatic heterocycles. The van der Waals surface area contributed by atoms with Crippen LogP contribution in [0.1, 0.15) is 41.5 Å². The van der Waals surface area contributed by atoms with Gasteiger partial charge < -0.3 is 4.74 Å². The zero-order chi connectivity index (χ0) is 15.6. The third kappa shape index (κ3) is 4.02. The van der Waals surface area contributed by atoms with E-state index in [1.54, 1.807) is 0 Å². The summed E-state index contributed by atoms with van der Waals surface area (Å²) in [5.74, 6) is 0.861. The predicted molar refractivity (Wildman–Crippen MR) is 93.5 cm³/mol. The second-order valence-electron chi connectivity index (χ2n) is 5.56. The molecule has 3 heteroatoms. The van der Waals surface area contributed by atoms with E-state index in [-0.39, 0.29) is 11.5 Å². The van der Waals surface area contributed by atoms with Crippen LogP contribution in [0.5, 0.6) is 5.75 Å². The summed E-state index contributed by atoms with van der Waals surface area (Å²) >= 11 is 10.3. The Balaban J connectivity index is 2.36. The van der Waals surface area contributed by atoms with E-state index in [1.165, 1.54) is 11.1 Å². The lowest BCUT2D eigenvalue weighted by Crippen LogP contribution is -2.06. The zero-order valence-electron chi connectivity index (χ0n) is 12.8. The van der Waals surface area contributed by atoms with Crippen molar-refractivity contribution in [2.45, 2.75) is 39.2 Å². The predicted octanol–water partition coefficient (Wildman–Crippen LogP) is 6.18. The van der Waals surface area contributed by atoms with Crippen LogP contribution < -0.4 is 4.74 Å². The number of ether oxygens (including phenoxy) is 1. The second kappa shape index (κ2) is 6.85.